The molecule has 0 atom stereocenters. The number of aliphatic hydroxyl groups excluding tert-OH is 1. The fraction of sp³-hybridized carbons (Fsp3) is 0.263. The molecule has 28 heavy (non-hydrogen) atoms. The first-order valence-electron chi connectivity index (χ1n) is 7.72. The topological polar surface area (TPSA) is 147 Å². The molecule has 0 heterocycles. The summed E-state index contributed by atoms with van der Waals surface area (Å²) in [6.07, 6.45) is 0. The second-order valence-corrected chi connectivity index (χ2v) is 5.07. The quantitative estimate of drug-likeness (QED) is 0.484. The van der Waals surface area contributed by atoms with Crippen molar-refractivity contribution in [3.63, 3.8) is 0 Å². The number of benzene rings is 1. The van der Waals surface area contributed by atoms with Crippen molar-refractivity contribution in [1.82, 2.24) is 0 Å². The lowest BCUT2D eigenvalue weighted by Gasteiger charge is -1.99. The number of carboxylic acid groups (broad SMARTS) is 2. The van der Waals surface area contributed by atoms with Crippen molar-refractivity contribution in [1.29, 1.82) is 0 Å². The second-order valence-electron chi connectivity index (χ2n) is 5.07. The second kappa shape index (κ2) is 14.7. The lowest BCUT2D eigenvalue weighted by molar-refractivity contribution is -0.140. The van der Waals surface area contributed by atoms with Gasteiger partial charge in [-0.05, 0) is 26.0 Å². The summed E-state index contributed by atoms with van der Waals surface area (Å²) < 4.78 is 8.74. The Bertz CT molecular complexity index is 687. The molecule has 3 N–H and O–H groups in total. The molecule has 0 radical (unpaired) electrons. The summed E-state index contributed by atoms with van der Waals surface area (Å²) in [5.41, 5.74) is 0.404. The third-order valence-electron chi connectivity index (χ3n) is 2.59. The van der Waals surface area contributed by atoms with Gasteiger partial charge in [0.05, 0.1) is 24.8 Å². The Hall–Kier alpha value is -3.46. The molecule has 0 aliphatic rings. The third-order valence-corrected chi connectivity index (χ3v) is 2.59. The Morgan fingerprint density at radius 3 is 1.50 bits per heavy atom. The van der Waals surface area contributed by atoms with Crippen LogP contribution >= 0.6 is 0 Å². The number of carbonyl (C=O) groups excluding carboxylic acids is 2. The van der Waals surface area contributed by atoms with E-state index < -0.39 is 17.9 Å². The van der Waals surface area contributed by atoms with Crippen molar-refractivity contribution in [2.75, 3.05) is 20.3 Å². The normalized spacial score (nSPS) is 8.71. The van der Waals surface area contributed by atoms with E-state index >= 15 is 0 Å². The maximum Gasteiger partial charge on any atom is 0.336 e. The summed E-state index contributed by atoms with van der Waals surface area (Å²) in [7, 11) is 1.33. The SMILES string of the molecule is C=C(C)C(=O)OC.C=C(C)C(=O)OCCO.O=C(O)c1ccccc1C(=O)O. The highest BCUT2D eigenvalue weighted by atomic mass is 16.5. The highest BCUT2D eigenvalue weighted by molar-refractivity contribution is 6.01. The molecule has 0 aliphatic carbocycles. The van der Waals surface area contributed by atoms with Crippen molar-refractivity contribution in [3.05, 3.63) is 59.7 Å². The molecule has 0 saturated carbocycles. The van der Waals surface area contributed by atoms with Gasteiger partial charge in [-0.25, -0.2) is 19.2 Å². The maximum atomic E-state index is 10.5. The van der Waals surface area contributed by atoms with E-state index in [1.807, 2.05) is 0 Å². The molecular formula is C19H24O9. The molecule has 0 unspecified atom stereocenters. The molecule has 154 valence electrons. The largest absolute Gasteiger partial charge is 0.478 e. The highest BCUT2D eigenvalue weighted by Gasteiger charge is 2.13. The van der Waals surface area contributed by atoms with Crippen LogP contribution in [0, 0.1) is 0 Å². The average Bonchev–Trinajstić information content (AvgIpc) is 2.65. The molecule has 0 aromatic heterocycles. The summed E-state index contributed by atoms with van der Waals surface area (Å²) in [5.74, 6) is -3.26. The van der Waals surface area contributed by atoms with Gasteiger partial charge in [-0.1, -0.05) is 25.3 Å². The van der Waals surface area contributed by atoms with Crippen LogP contribution in [0.4, 0.5) is 0 Å². The van der Waals surface area contributed by atoms with Gasteiger partial charge in [0.15, 0.2) is 0 Å². The predicted molar refractivity (Wildman–Crippen MR) is 100 cm³/mol. The smallest absolute Gasteiger partial charge is 0.336 e. The van der Waals surface area contributed by atoms with Gasteiger partial charge in [0.25, 0.3) is 0 Å². The van der Waals surface area contributed by atoms with Crippen LogP contribution in [0.1, 0.15) is 34.6 Å². The van der Waals surface area contributed by atoms with Gasteiger partial charge in [0.1, 0.15) is 6.61 Å². The number of hydrogen-bond acceptors (Lipinski definition) is 7. The summed E-state index contributed by atoms with van der Waals surface area (Å²) in [4.78, 5) is 41.6. The number of carbonyl (C=O) groups is 4. The number of methoxy groups -OCH3 is 1. The number of esters is 2. The number of carboxylic acids is 2. The minimum Gasteiger partial charge on any atom is -0.478 e. The standard InChI is InChI=1S/C8H6O4.C6H10O3.C5H8O2/c9-7(10)5-3-1-2-4-6(5)8(11)12;1-5(2)6(8)9-4-3-7;1-4(2)5(6)7-3/h1-4H,(H,9,10)(H,11,12);7H,1,3-4H2,2H3;1H2,2-3H3. The third kappa shape index (κ3) is 12.0. The first kappa shape index (κ1) is 26.8. The van der Waals surface area contributed by atoms with Crippen LogP contribution in [-0.4, -0.2) is 59.5 Å². The molecule has 0 aliphatic heterocycles. The molecule has 1 aromatic rings. The summed E-state index contributed by atoms with van der Waals surface area (Å²) in [6, 6.07) is 5.48. The first-order valence-corrected chi connectivity index (χ1v) is 7.72. The molecule has 0 bridgehead atoms. The minimum atomic E-state index is -1.23. The zero-order valence-corrected chi connectivity index (χ0v) is 15.9. The fourth-order valence-electron chi connectivity index (χ4n) is 1.29. The molecule has 0 fully saturated rings. The van der Waals surface area contributed by atoms with Crippen LogP contribution in [-0.2, 0) is 19.1 Å². The number of aliphatic hydroxyl groups is 1. The average molecular weight is 396 g/mol. The Labute approximate surface area is 162 Å². The molecule has 0 saturated heterocycles. The lowest BCUT2D eigenvalue weighted by Crippen LogP contribution is -2.08. The fourth-order valence-corrected chi connectivity index (χ4v) is 1.29. The molecule has 0 spiro atoms. The van der Waals surface area contributed by atoms with Crippen LogP contribution in [0.3, 0.4) is 0 Å². The van der Waals surface area contributed by atoms with Crippen LogP contribution < -0.4 is 0 Å². The molecule has 1 aromatic carbocycles. The van der Waals surface area contributed by atoms with Gasteiger partial charge in [-0.3, -0.25) is 0 Å². The van der Waals surface area contributed by atoms with Crippen molar-refractivity contribution < 1.29 is 44.0 Å². The Kier molecular flexibility index (Phi) is 14.0. The van der Waals surface area contributed by atoms with Gasteiger partial charge in [-0.15, -0.1) is 0 Å². The van der Waals surface area contributed by atoms with E-state index in [1.165, 1.54) is 31.4 Å². The molecule has 1 rings (SSSR count). The summed E-state index contributed by atoms with van der Waals surface area (Å²) in [6.45, 7) is 9.77. The number of rotatable bonds is 6. The molecular weight excluding hydrogens is 372 g/mol. The Morgan fingerprint density at radius 1 is 0.893 bits per heavy atom. The van der Waals surface area contributed by atoms with Crippen molar-refractivity contribution in [2.45, 2.75) is 13.8 Å². The van der Waals surface area contributed by atoms with Crippen LogP contribution in [0.5, 0.6) is 0 Å². The number of hydrogen-bond donors (Lipinski definition) is 3. The van der Waals surface area contributed by atoms with E-state index in [0.717, 1.165) is 0 Å². The van der Waals surface area contributed by atoms with E-state index in [-0.39, 0.29) is 30.3 Å². The minimum absolute atomic E-state index is 0.0473. The van der Waals surface area contributed by atoms with Gasteiger partial charge in [0, 0.05) is 11.1 Å². The predicted octanol–water partition coefficient (Wildman–Crippen LogP) is 1.92. The molecule has 9 heteroatoms. The zero-order valence-electron chi connectivity index (χ0n) is 15.9. The molecule has 9 nitrogen and oxygen atoms in total. The lowest BCUT2D eigenvalue weighted by atomic mass is 10.1. The number of aromatic carboxylic acids is 2. The summed E-state index contributed by atoms with van der Waals surface area (Å²) >= 11 is 0. The monoisotopic (exact) mass is 396 g/mol. The van der Waals surface area contributed by atoms with Crippen molar-refractivity contribution >= 4 is 23.9 Å². The van der Waals surface area contributed by atoms with Crippen molar-refractivity contribution in [2.24, 2.45) is 0 Å². The zero-order chi connectivity index (χ0) is 22.3. The highest BCUT2D eigenvalue weighted by Crippen LogP contribution is 2.07. The van der Waals surface area contributed by atoms with Crippen LogP contribution in [0.25, 0.3) is 0 Å². The van der Waals surface area contributed by atoms with Gasteiger partial charge in [0.2, 0.25) is 0 Å². The van der Waals surface area contributed by atoms with Gasteiger partial charge < -0.3 is 24.8 Å². The number of ether oxygens (including phenoxy) is 2. The molecule has 0 amide bonds. The van der Waals surface area contributed by atoms with E-state index in [9.17, 15) is 19.2 Å². The first-order chi connectivity index (χ1) is 13.0. The maximum absolute atomic E-state index is 10.5. The van der Waals surface area contributed by atoms with E-state index in [0.29, 0.717) is 11.1 Å². The Morgan fingerprint density at radius 2 is 1.29 bits per heavy atom. The summed E-state index contributed by atoms with van der Waals surface area (Å²) in [5, 5.41) is 25.3. The van der Waals surface area contributed by atoms with Gasteiger partial charge >= 0.3 is 23.9 Å². The van der Waals surface area contributed by atoms with Crippen LogP contribution in [0.2, 0.25) is 0 Å². The van der Waals surface area contributed by atoms with E-state index in [2.05, 4.69) is 22.6 Å². The van der Waals surface area contributed by atoms with Crippen molar-refractivity contribution in [3.8, 4) is 0 Å². The van der Waals surface area contributed by atoms with Crippen LogP contribution in [0.15, 0.2) is 48.6 Å². The van der Waals surface area contributed by atoms with E-state index in [4.69, 9.17) is 15.3 Å². The van der Waals surface area contributed by atoms with E-state index in [1.54, 1.807) is 13.8 Å². The Balaban J connectivity index is 0. The van der Waals surface area contributed by atoms with Gasteiger partial charge in [-0.2, -0.15) is 0 Å².